The molecule has 27 heavy (non-hydrogen) atoms. The van der Waals surface area contributed by atoms with E-state index in [-0.39, 0.29) is 5.91 Å². The Morgan fingerprint density at radius 2 is 1.59 bits per heavy atom. The monoisotopic (exact) mass is 374 g/mol. The summed E-state index contributed by atoms with van der Waals surface area (Å²) < 4.78 is 11.6. The maximum absolute atomic E-state index is 13.0. The van der Waals surface area contributed by atoms with Crippen molar-refractivity contribution in [1.82, 2.24) is 9.80 Å². The summed E-state index contributed by atoms with van der Waals surface area (Å²) in [6.07, 6.45) is 7.23. The largest absolute Gasteiger partial charge is 0.490 e. The Morgan fingerprint density at radius 3 is 2.22 bits per heavy atom. The average Bonchev–Trinajstić information content (AvgIpc) is 3.25. The van der Waals surface area contributed by atoms with Crippen molar-refractivity contribution in [2.75, 3.05) is 39.4 Å². The normalized spacial score (nSPS) is 18.7. The highest BCUT2D eigenvalue weighted by atomic mass is 16.5. The first kappa shape index (κ1) is 20.0. The maximum atomic E-state index is 13.0. The zero-order valence-corrected chi connectivity index (χ0v) is 16.9. The van der Waals surface area contributed by atoms with Crippen LogP contribution in [-0.2, 0) is 0 Å². The molecule has 0 unspecified atom stereocenters. The van der Waals surface area contributed by atoms with Crippen molar-refractivity contribution in [2.24, 2.45) is 0 Å². The van der Waals surface area contributed by atoms with E-state index in [1.54, 1.807) is 0 Å². The Kier molecular flexibility index (Phi) is 7.39. The molecule has 2 fully saturated rings. The molecule has 2 aliphatic rings. The summed E-state index contributed by atoms with van der Waals surface area (Å²) in [6, 6.07) is 6.34. The van der Waals surface area contributed by atoms with Gasteiger partial charge in [0.25, 0.3) is 5.91 Å². The van der Waals surface area contributed by atoms with Crippen LogP contribution in [-0.4, -0.2) is 61.1 Å². The number of hydrogen-bond donors (Lipinski definition) is 0. The fourth-order valence-corrected chi connectivity index (χ4v) is 4.04. The number of carbonyl (C=O) groups excluding carboxylic acids is 1. The molecule has 1 aliphatic carbocycles. The van der Waals surface area contributed by atoms with Gasteiger partial charge in [0, 0.05) is 37.8 Å². The summed E-state index contributed by atoms with van der Waals surface area (Å²) in [7, 11) is 0. The molecule has 0 N–H and O–H groups in total. The van der Waals surface area contributed by atoms with Crippen LogP contribution in [0.5, 0.6) is 11.5 Å². The predicted molar refractivity (Wildman–Crippen MR) is 108 cm³/mol. The number of nitrogens with zero attached hydrogens (tertiary/aromatic N) is 2. The molecular formula is C22H34N2O3. The minimum Gasteiger partial charge on any atom is -0.490 e. The van der Waals surface area contributed by atoms with E-state index in [4.69, 9.17) is 9.47 Å². The Labute approximate surface area is 163 Å². The highest BCUT2D eigenvalue weighted by Gasteiger charge is 2.28. The third kappa shape index (κ3) is 5.16. The molecule has 1 amide bonds. The second-order valence-corrected chi connectivity index (χ2v) is 7.62. The Morgan fingerprint density at radius 1 is 0.963 bits per heavy atom. The van der Waals surface area contributed by atoms with E-state index in [1.807, 2.05) is 23.1 Å². The maximum Gasteiger partial charge on any atom is 0.254 e. The number of amides is 1. The minimum atomic E-state index is 0.101. The van der Waals surface area contributed by atoms with Gasteiger partial charge in [-0.05, 0) is 43.9 Å². The molecular weight excluding hydrogens is 340 g/mol. The smallest absolute Gasteiger partial charge is 0.254 e. The van der Waals surface area contributed by atoms with E-state index in [9.17, 15) is 4.79 Å². The molecule has 0 aromatic heterocycles. The van der Waals surface area contributed by atoms with Crippen LogP contribution in [0.15, 0.2) is 18.2 Å². The molecule has 5 heteroatoms. The van der Waals surface area contributed by atoms with Crippen molar-refractivity contribution in [3.63, 3.8) is 0 Å². The van der Waals surface area contributed by atoms with Crippen molar-refractivity contribution in [2.45, 2.75) is 58.4 Å². The summed E-state index contributed by atoms with van der Waals surface area (Å²) in [5.41, 5.74) is 0.694. The average molecular weight is 375 g/mol. The standard InChI is InChI=1S/C22H34N2O3/c1-3-15-26-20-10-9-18(17-21(20)27-16-4-2)22(25)24-13-11-23(12-14-24)19-7-5-6-8-19/h9-10,17,19H,3-8,11-16H2,1-2H3. The van der Waals surface area contributed by atoms with Crippen LogP contribution >= 0.6 is 0 Å². The van der Waals surface area contributed by atoms with Crippen LogP contribution < -0.4 is 9.47 Å². The van der Waals surface area contributed by atoms with Crippen molar-refractivity contribution in [3.05, 3.63) is 23.8 Å². The third-order valence-corrected chi connectivity index (χ3v) is 5.56. The zero-order valence-electron chi connectivity index (χ0n) is 16.9. The van der Waals surface area contributed by atoms with Crippen LogP contribution in [0.3, 0.4) is 0 Å². The molecule has 1 saturated carbocycles. The topological polar surface area (TPSA) is 42.0 Å². The van der Waals surface area contributed by atoms with Crippen LogP contribution in [0.1, 0.15) is 62.7 Å². The van der Waals surface area contributed by atoms with E-state index < -0.39 is 0 Å². The van der Waals surface area contributed by atoms with Gasteiger partial charge in [0.1, 0.15) is 0 Å². The van der Waals surface area contributed by atoms with Gasteiger partial charge in [0.15, 0.2) is 11.5 Å². The lowest BCUT2D eigenvalue weighted by molar-refractivity contribution is 0.0573. The molecule has 1 aliphatic heterocycles. The first-order valence-electron chi connectivity index (χ1n) is 10.7. The van der Waals surface area contributed by atoms with Crippen LogP contribution in [0.2, 0.25) is 0 Å². The predicted octanol–water partition coefficient (Wildman–Crippen LogP) is 3.96. The molecule has 3 rings (SSSR count). The van der Waals surface area contributed by atoms with E-state index in [0.29, 0.717) is 24.5 Å². The second-order valence-electron chi connectivity index (χ2n) is 7.62. The van der Waals surface area contributed by atoms with E-state index in [1.165, 1.54) is 25.7 Å². The minimum absolute atomic E-state index is 0.101. The van der Waals surface area contributed by atoms with Crippen LogP contribution in [0.4, 0.5) is 0 Å². The van der Waals surface area contributed by atoms with Gasteiger partial charge < -0.3 is 14.4 Å². The second kappa shape index (κ2) is 9.98. The fraction of sp³-hybridized carbons (Fsp3) is 0.682. The van der Waals surface area contributed by atoms with Gasteiger partial charge in [-0.3, -0.25) is 9.69 Å². The quantitative estimate of drug-likeness (QED) is 0.691. The lowest BCUT2D eigenvalue weighted by atomic mass is 10.1. The number of ether oxygens (including phenoxy) is 2. The van der Waals surface area contributed by atoms with Crippen molar-refractivity contribution < 1.29 is 14.3 Å². The lowest BCUT2D eigenvalue weighted by Crippen LogP contribution is -2.51. The fourth-order valence-electron chi connectivity index (χ4n) is 4.04. The molecule has 5 nitrogen and oxygen atoms in total. The molecule has 1 saturated heterocycles. The Hall–Kier alpha value is -1.75. The van der Waals surface area contributed by atoms with Gasteiger partial charge in [-0.1, -0.05) is 26.7 Å². The highest BCUT2D eigenvalue weighted by molar-refractivity contribution is 5.95. The van der Waals surface area contributed by atoms with Crippen LogP contribution in [0.25, 0.3) is 0 Å². The number of benzene rings is 1. The van der Waals surface area contributed by atoms with Gasteiger partial charge in [0.2, 0.25) is 0 Å². The summed E-state index contributed by atoms with van der Waals surface area (Å²) in [4.78, 5) is 17.6. The van der Waals surface area contributed by atoms with Crippen molar-refractivity contribution in [3.8, 4) is 11.5 Å². The molecule has 0 radical (unpaired) electrons. The van der Waals surface area contributed by atoms with Crippen molar-refractivity contribution >= 4 is 5.91 Å². The van der Waals surface area contributed by atoms with Crippen LogP contribution in [0, 0.1) is 0 Å². The zero-order chi connectivity index (χ0) is 19.1. The molecule has 150 valence electrons. The summed E-state index contributed by atoms with van der Waals surface area (Å²) in [5.74, 6) is 1.51. The number of piperazine rings is 1. The number of carbonyl (C=O) groups is 1. The first-order valence-corrected chi connectivity index (χ1v) is 10.7. The van der Waals surface area contributed by atoms with E-state index in [0.717, 1.165) is 50.8 Å². The van der Waals surface area contributed by atoms with Gasteiger partial charge in [0.05, 0.1) is 13.2 Å². The molecule has 1 aromatic rings. The van der Waals surface area contributed by atoms with E-state index >= 15 is 0 Å². The van der Waals surface area contributed by atoms with Crippen molar-refractivity contribution in [1.29, 1.82) is 0 Å². The summed E-state index contributed by atoms with van der Waals surface area (Å²) >= 11 is 0. The van der Waals surface area contributed by atoms with Gasteiger partial charge in [-0.25, -0.2) is 0 Å². The third-order valence-electron chi connectivity index (χ3n) is 5.56. The highest BCUT2D eigenvalue weighted by Crippen LogP contribution is 2.30. The van der Waals surface area contributed by atoms with Gasteiger partial charge in [-0.2, -0.15) is 0 Å². The molecule has 0 bridgehead atoms. The molecule has 1 heterocycles. The summed E-state index contributed by atoms with van der Waals surface area (Å²) in [6.45, 7) is 9.05. The molecule has 0 atom stereocenters. The van der Waals surface area contributed by atoms with E-state index in [2.05, 4.69) is 18.7 Å². The van der Waals surface area contributed by atoms with Gasteiger partial charge >= 0.3 is 0 Å². The Bertz CT molecular complexity index is 606. The first-order chi connectivity index (χ1) is 13.2. The Balaban J connectivity index is 1.63. The van der Waals surface area contributed by atoms with Gasteiger partial charge in [-0.15, -0.1) is 0 Å². The molecule has 1 aromatic carbocycles. The number of hydrogen-bond acceptors (Lipinski definition) is 4. The SMILES string of the molecule is CCCOc1ccc(C(=O)N2CCN(C3CCCC3)CC2)cc1OCCC. The molecule has 0 spiro atoms. The number of rotatable bonds is 8. The lowest BCUT2D eigenvalue weighted by Gasteiger charge is -2.38. The summed E-state index contributed by atoms with van der Waals surface area (Å²) in [5, 5.41) is 0.